The molecular weight excluding hydrogens is 468 g/mol. The number of halogens is 1. The molecule has 1 amide bonds. The molecule has 0 spiro atoms. The number of nitrogens with zero attached hydrogens (tertiary/aromatic N) is 3. The second kappa shape index (κ2) is 9.23. The van der Waals surface area contributed by atoms with Crippen LogP contribution in [-0.4, -0.2) is 27.3 Å². The number of oxazole rings is 1. The molecule has 35 heavy (non-hydrogen) atoms. The second-order valence-corrected chi connectivity index (χ2v) is 8.36. The predicted molar refractivity (Wildman–Crippen MR) is 135 cm³/mol. The highest BCUT2D eigenvalue weighted by molar-refractivity contribution is 6.30. The predicted octanol–water partition coefficient (Wildman–Crippen LogP) is 5.20. The summed E-state index contributed by atoms with van der Waals surface area (Å²) in [4.78, 5) is 30.4. The van der Waals surface area contributed by atoms with Crippen molar-refractivity contribution in [3.8, 4) is 17.0 Å². The number of carbonyl (C=O) groups excluding carboxylic acids is 1. The summed E-state index contributed by atoms with van der Waals surface area (Å²) < 4.78 is 12.3. The van der Waals surface area contributed by atoms with Gasteiger partial charge in [0.05, 0.1) is 17.7 Å². The number of carbonyl (C=O) groups is 1. The number of rotatable bonds is 6. The lowest BCUT2D eigenvalue weighted by Gasteiger charge is -2.13. The molecule has 0 aliphatic rings. The van der Waals surface area contributed by atoms with E-state index in [1.165, 1.54) is 0 Å². The zero-order chi connectivity index (χ0) is 24.5. The Morgan fingerprint density at radius 1 is 1.11 bits per heavy atom. The third-order valence-electron chi connectivity index (χ3n) is 5.41. The van der Waals surface area contributed by atoms with Crippen molar-refractivity contribution in [1.82, 2.24) is 14.8 Å². The fraction of sp³-hybridized carbons (Fsp3) is 0.154. The Morgan fingerprint density at radius 2 is 1.97 bits per heavy atom. The Balaban J connectivity index is 1.54. The Morgan fingerprint density at radius 3 is 2.77 bits per heavy atom. The summed E-state index contributed by atoms with van der Waals surface area (Å²) in [5, 5.41) is 8.91. The number of ether oxygens (including phenoxy) is 1. The van der Waals surface area contributed by atoms with Gasteiger partial charge in [-0.05, 0) is 49.4 Å². The van der Waals surface area contributed by atoms with Crippen LogP contribution in [0.25, 0.3) is 33.1 Å². The average molecular weight is 489 g/mol. The fourth-order valence-corrected chi connectivity index (χ4v) is 4.12. The van der Waals surface area contributed by atoms with E-state index >= 15 is 0 Å². The van der Waals surface area contributed by atoms with E-state index in [2.05, 4.69) is 15.4 Å². The van der Waals surface area contributed by atoms with E-state index in [9.17, 15) is 9.59 Å². The second-order valence-electron chi connectivity index (χ2n) is 7.93. The minimum Gasteiger partial charge on any atom is -0.494 e. The van der Waals surface area contributed by atoms with Crippen LogP contribution in [0.15, 0.2) is 69.9 Å². The van der Waals surface area contributed by atoms with Crippen LogP contribution >= 0.6 is 11.6 Å². The van der Waals surface area contributed by atoms with Gasteiger partial charge in [-0.1, -0.05) is 23.7 Å². The summed E-state index contributed by atoms with van der Waals surface area (Å²) in [5.41, 5.74) is 2.66. The van der Waals surface area contributed by atoms with Crippen LogP contribution in [0, 0.1) is 6.92 Å². The van der Waals surface area contributed by atoms with Crippen molar-refractivity contribution in [1.29, 1.82) is 0 Å². The largest absolute Gasteiger partial charge is 0.494 e. The van der Waals surface area contributed by atoms with Crippen molar-refractivity contribution in [3.63, 3.8) is 0 Å². The molecule has 5 aromatic rings. The van der Waals surface area contributed by atoms with E-state index < -0.39 is 11.5 Å². The van der Waals surface area contributed by atoms with E-state index in [0.29, 0.717) is 56.5 Å². The highest BCUT2D eigenvalue weighted by atomic mass is 35.5. The maximum Gasteiger partial charge on any atom is 0.275 e. The third-order valence-corrected chi connectivity index (χ3v) is 5.65. The zero-order valence-corrected chi connectivity index (χ0v) is 19.8. The average Bonchev–Trinajstić information content (AvgIpc) is 3.20. The van der Waals surface area contributed by atoms with Crippen LogP contribution in [0.5, 0.6) is 5.75 Å². The molecule has 3 aromatic carbocycles. The smallest absolute Gasteiger partial charge is 0.275 e. The molecule has 5 rings (SSSR count). The SMILES string of the molecule is CCOc1ccc2c(-c3cccc(Cl)c3)nn(CC(=O)Nc3ccc4nc(C)oc4c3)c(=O)c2c1. The molecule has 0 saturated heterocycles. The number of hydrogen-bond donors (Lipinski definition) is 1. The Kier molecular flexibility index (Phi) is 5.96. The number of benzene rings is 3. The maximum absolute atomic E-state index is 13.3. The first-order valence-corrected chi connectivity index (χ1v) is 11.4. The van der Waals surface area contributed by atoms with Gasteiger partial charge in [0.15, 0.2) is 11.5 Å². The first-order valence-electron chi connectivity index (χ1n) is 11.0. The van der Waals surface area contributed by atoms with Crippen molar-refractivity contribution in [2.45, 2.75) is 20.4 Å². The number of amides is 1. The Bertz CT molecular complexity index is 1640. The molecule has 0 atom stereocenters. The molecule has 0 saturated carbocycles. The van der Waals surface area contributed by atoms with Crippen LogP contribution < -0.4 is 15.6 Å². The first kappa shape index (κ1) is 22.6. The van der Waals surface area contributed by atoms with Gasteiger partial charge in [0.1, 0.15) is 17.8 Å². The highest BCUT2D eigenvalue weighted by Crippen LogP contribution is 2.29. The third kappa shape index (κ3) is 4.61. The van der Waals surface area contributed by atoms with Gasteiger partial charge in [0, 0.05) is 34.6 Å². The Labute approximate surface area is 205 Å². The van der Waals surface area contributed by atoms with Crippen molar-refractivity contribution in [3.05, 3.63) is 81.9 Å². The van der Waals surface area contributed by atoms with Gasteiger partial charge in [0.2, 0.25) is 5.91 Å². The van der Waals surface area contributed by atoms with E-state index in [0.717, 1.165) is 10.2 Å². The molecule has 8 nitrogen and oxygen atoms in total. The number of fused-ring (bicyclic) bond motifs is 2. The normalized spacial score (nSPS) is 11.2. The molecule has 0 fully saturated rings. The molecule has 0 radical (unpaired) electrons. The quantitative estimate of drug-likeness (QED) is 0.352. The van der Waals surface area contributed by atoms with Gasteiger partial charge < -0.3 is 14.5 Å². The minimum atomic E-state index is -0.410. The molecule has 0 aliphatic heterocycles. The number of aromatic nitrogens is 3. The van der Waals surface area contributed by atoms with Crippen molar-refractivity contribution in [2.24, 2.45) is 0 Å². The molecule has 2 heterocycles. The molecule has 176 valence electrons. The molecular formula is C26H21ClN4O4. The lowest BCUT2D eigenvalue weighted by Crippen LogP contribution is -2.30. The van der Waals surface area contributed by atoms with Gasteiger partial charge in [-0.15, -0.1) is 0 Å². The summed E-state index contributed by atoms with van der Waals surface area (Å²) in [6, 6.07) is 17.6. The summed E-state index contributed by atoms with van der Waals surface area (Å²) in [5.74, 6) is 0.690. The monoisotopic (exact) mass is 488 g/mol. The maximum atomic E-state index is 13.3. The van der Waals surface area contributed by atoms with Crippen molar-refractivity contribution < 1.29 is 13.9 Å². The van der Waals surface area contributed by atoms with Crippen molar-refractivity contribution >= 4 is 45.1 Å². The number of aryl methyl sites for hydroxylation is 1. The standard InChI is InChI=1S/C26H21ClN4O4/c1-3-34-19-8-9-20-21(13-19)26(33)31(30-25(20)16-5-4-6-17(27)11-16)14-24(32)29-18-7-10-22-23(12-18)35-15(2)28-22/h4-13H,3,14H2,1-2H3,(H,29,32). The molecule has 1 N–H and O–H groups in total. The molecule has 2 aromatic heterocycles. The summed E-state index contributed by atoms with van der Waals surface area (Å²) >= 11 is 6.21. The molecule has 9 heteroatoms. The van der Waals surface area contributed by atoms with Gasteiger partial charge in [-0.25, -0.2) is 9.67 Å². The minimum absolute atomic E-state index is 0.283. The lowest BCUT2D eigenvalue weighted by atomic mass is 10.0. The van der Waals surface area contributed by atoms with Crippen LogP contribution in [-0.2, 0) is 11.3 Å². The van der Waals surface area contributed by atoms with Crippen LogP contribution in [0.2, 0.25) is 5.02 Å². The van der Waals surface area contributed by atoms with E-state index in [-0.39, 0.29) is 6.54 Å². The van der Waals surface area contributed by atoms with E-state index in [1.807, 2.05) is 19.1 Å². The number of anilines is 1. The highest BCUT2D eigenvalue weighted by Gasteiger charge is 2.16. The van der Waals surface area contributed by atoms with Crippen LogP contribution in [0.1, 0.15) is 12.8 Å². The molecule has 0 bridgehead atoms. The van der Waals surface area contributed by atoms with E-state index in [1.54, 1.807) is 55.5 Å². The van der Waals surface area contributed by atoms with Crippen molar-refractivity contribution in [2.75, 3.05) is 11.9 Å². The van der Waals surface area contributed by atoms with Gasteiger partial charge in [-0.2, -0.15) is 5.10 Å². The number of nitrogens with one attached hydrogen (secondary N) is 1. The Hall–Kier alpha value is -4.17. The van der Waals surface area contributed by atoms with E-state index in [4.69, 9.17) is 20.8 Å². The van der Waals surface area contributed by atoms with Gasteiger partial charge in [0.25, 0.3) is 5.56 Å². The topological polar surface area (TPSA) is 99.2 Å². The van der Waals surface area contributed by atoms with Crippen LogP contribution in [0.4, 0.5) is 5.69 Å². The molecule has 0 unspecified atom stereocenters. The first-order chi connectivity index (χ1) is 16.9. The molecule has 0 aliphatic carbocycles. The summed E-state index contributed by atoms with van der Waals surface area (Å²) in [7, 11) is 0. The lowest BCUT2D eigenvalue weighted by molar-refractivity contribution is -0.117. The zero-order valence-electron chi connectivity index (χ0n) is 19.0. The van der Waals surface area contributed by atoms with Gasteiger partial charge in [-0.3, -0.25) is 9.59 Å². The number of hydrogen-bond acceptors (Lipinski definition) is 6. The van der Waals surface area contributed by atoms with Gasteiger partial charge >= 0.3 is 0 Å². The fourth-order valence-electron chi connectivity index (χ4n) is 3.93. The van der Waals surface area contributed by atoms with Crippen LogP contribution in [0.3, 0.4) is 0 Å². The summed E-state index contributed by atoms with van der Waals surface area (Å²) in [6.07, 6.45) is 0. The summed E-state index contributed by atoms with van der Waals surface area (Å²) in [6.45, 7) is 3.80.